The minimum atomic E-state index is 0.153. The Bertz CT molecular complexity index is 693. The molecular weight excluding hydrogens is 374 g/mol. The summed E-state index contributed by atoms with van der Waals surface area (Å²) < 4.78 is 0. The standard InChI is InChI=1S/C24H39N5O/c1-3-25-24(26-13-6-14-29-15-11-19(2)12-16-29)27-18-20-7-4-10-22(17-20)28-23(30)21-8-5-9-21/h4,7,10,17,19,21H,3,5-6,8-9,11-16,18H2,1-2H3,(H,28,30)(H2,25,26,27). The summed E-state index contributed by atoms with van der Waals surface area (Å²) in [5.74, 6) is 2.09. The molecule has 2 fully saturated rings. The summed E-state index contributed by atoms with van der Waals surface area (Å²) in [5.41, 5.74) is 1.97. The first-order valence-electron chi connectivity index (χ1n) is 11.8. The van der Waals surface area contributed by atoms with Gasteiger partial charge in [-0.25, -0.2) is 4.99 Å². The van der Waals surface area contributed by atoms with Crippen molar-refractivity contribution in [2.75, 3.05) is 38.0 Å². The van der Waals surface area contributed by atoms with Crippen LogP contribution in [0.4, 0.5) is 5.69 Å². The van der Waals surface area contributed by atoms with E-state index < -0.39 is 0 Å². The highest BCUT2D eigenvalue weighted by Gasteiger charge is 2.25. The van der Waals surface area contributed by atoms with Crippen molar-refractivity contribution in [2.45, 2.75) is 58.9 Å². The first-order valence-corrected chi connectivity index (χ1v) is 11.8. The van der Waals surface area contributed by atoms with Crippen LogP contribution < -0.4 is 16.0 Å². The Labute approximate surface area is 181 Å². The van der Waals surface area contributed by atoms with Gasteiger partial charge in [0.25, 0.3) is 0 Å². The largest absolute Gasteiger partial charge is 0.357 e. The number of hydrogen-bond acceptors (Lipinski definition) is 3. The fourth-order valence-corrected chi connectivity index (χ4v) is 3.97. The van der Waals surface area contributed by atoms with Crippen molar-refractivity contribution in [3.8, 4) is 0 Å². The summed E-state index contributed by atoms with van der Waals surface area (Å²) in [6.07, 6.45) is 7.00. The molecule has 0 bridgehead atoms. The first-order chi connectivity index (χ1) is 14.6. The molecule has 0 radical (unpaired) electrons. The van der Waals surface area contributed by atoms with E-state index in [2.05, 4.69) is 40.8 Å². The average Bonchev–Trinajstić information content (AvgIpc) is 2.69. The van der Waals surface area contributed by atoms with Gasteiger partial charge in [-0.05, 0) is 82.3 Å². The molecule has 0 atom stereocenters. The number of guanidine groups is 1. The number of aliphatic imine (C=N–C) groups is 1. The van der Waals surface area contributed by atoms with Crippen molar-refractivity contribution in [3.63, 3.8) is 0 Å². The van der Waals surface area contributed by atoms with Gasteiger partial charge in [0, 0.05) is 24.7 Å². The molecule has 6 nitrogen and oxygen atoms in total. The van der Waals surface area contributed by atoms with E-state index in [1.807, 2.05) is 18.2 Å². The molecule has 3 N–H and O–H groups in total. The molecule has 1 amide bonds. The zero-order chi connectivity index (χ0) is 21.2. The molecule has 6 heteroatoms. The number of likely N-dealkylation sites (tertiary alicyclic amines) is 1. The average molecular weight is 414 g/mol. The maximum absolute atomic E-state index is 12.2. The van der Waals surface area contributed by atoms with Crippen molar-refractivity contribution in [1.29, 1.82) is 0 Å². The second-order valence-electron chi connectivity index (χ2n) is 8.82. The molecule has 0 spiro atoms. The zero-order valence-corrected chi connectivity index (χ0v) is 18.8. The molecule has 1 saturated heterocycles. The number of nitrogens with zero attached hydrogens (tertiary/aromatic N) is 2. The van der Waals surface area contributed by atoms with E-state index in [9.17, 15) is 4.79 Å². The highest BCUT2D eigenvalue weighted by molar-refractivity contribution is 5.93. The van der Waals surface area contributed by atoms with Crippen molar-refractivity contribution in [3.05, 3.63) is 29.8 Å². The number of piperidine rings is 1. The highest BCUT2D eigenvalue weighted by atomic mass is 16.1. The second-order valence-corrected chi connectivity index (χ2v) is 8.82. The summed E-state index contributed by atoms with van der Waals surface area (Å²) in [5, 5.41) is 9.84. The number of hydrogen-bond donors (Lipinski definition) is 3. The van der Waals surface area contributed by atoms with E-state index >= 15 is 0 Å². The van der Waals surface area contributed by atoms with E-state index in [1.54, 1.807) is 0 Å². The molecule has 3 rings (SSSR count). The monoisotopic (exact) mass is 413 g/mol. The fourth-order valence-electron chi connectivity index (χ4n) is 3.97. The smallest absolute Gasteiger partial charge is 0.227 e. The maximum atomic E-state index is 12.2. The molecule has 0 aromatic heterocycles. The Kier molecular flexibility index (Phi) is 9.00. The topological polar surface area (TPSA) is 68.8 Å². The number of amides is 1. The van der Waals surface area contributed by atoms with Crippen LogP contribution in [0.15, 0.2) is 29.3 Å². The molecule has 1 aromatic carbocycles. The van der Waals surface area contributed by atoms with E-state index in [0.29, 0.717) is 6.54 Å². The van der Waals surface area contributed by atoms with Gasteiger partial charge in [-0.1, -0.05) is 25.5 Å². The predicted molar refractivity (Wildman–Crippen MR) is 125 cm³/mol. The lowest BCUT2D eigenvalue weighted by Gasteiger charge is -2.30. The van der Waals surface area contributed by atoms with Gasteiger partial charge in [0.2, 0.25) is 5.91 Å². The molecule has 1 saturated carbocycles. The highest BCUT2D eigenvalue weighted by Crippen LogP contribution is 2.27. The summed E-state index contributed by atoms with van der Waals surface area (Å²) >= 11 is 0. The Hall–Kier alpha value is -2.08. The fraction of sp³-hybridized carbons (Fsp3) is 0.667. The second kappa shape index (κ2) is 11.9. The van der Waals surface area contributed by atoms with Crippen LogP contribution in [-0.2, 0) is 11.3 Å². The molecule has 1 heterocycles. The van der Waals surface area contributed by atoms with Crippen LogP contribution in [0, 0.1) is 11.8 Å². The van der Waals surface area contributed by atoms with Gasteiger partial charge in [0.05, 0.1) is 6.54 Å². The van der Waals surface area contributed by atoms with Crippen molar-refractivity contribution in [2.24, 2.45) is 16.8 Å². The Morgan fingerprint density at radius 1 is 1.17 bits per heavy atom. The van der Waals surface area contributed by atoms with Crippen molar-refractivity contribution in [1.82, 2.24) is 15.5 Å². The molecule has 1 aliphatic heterocycles. The molecule has 1 aliphatic carbocycles. The molecular formula is C24H39N5O. The third-order valence-electron chi connectivity index (χ3n) is 6.25. The Balaban J connectivity index is 1.43. The summed E-state index contributed by atoms with van der Waals surface area (Å²) in [7, 11) is 0. The van der Waals surface area contributed by atoms with Gasteiger partial charge in [0.15, 0.2) is 5.96 Å². The number of carbonyl (C=O) groups is 1. The van der Waals surface area contributed by atoms with Crippen molar-refractivity contribution >= 4 is 17.6 Å². The molecule has 166 valence electrons. The normalized spacial score (nSPS) is 18.7. The molecule has 2 aliphatic rings. The van der Waals surface area contributed by atoms with E-state index in [0.717, 1.165) is 62.0 Å². The lowest BCUT2D eigenvalue weighted by atomic mass is 9.85. The maximum Gasteiger partial charge on any atom is 0.227 e. The predicted octanol–water partition coefficient (Wildman–Crippen LogP) is 3.60. The first kappa shape index (κ1) is 22.6. The van der Waals surface area contributed by atoms with Crippen molar-refractivity contribution < 1.29 is 4.79 Å². The zero-order valence-electron chi connectivity index (χ0n) is 18.8. The van der Waals surface area contributed by atoms with Gasteiger partial charge in [0.1, 0.15) is 0 Å². The quantitative estimate of drug-likeness (QED) is 0.329. The number of carbonyl (C=O) groups excluding carboxylic acids is 1. The van der Waals surface area contributed by atoms with E-state index in [-0.39, 0.29) is 11.8 Å². The summed E-state index contributed by atoms with van der Waals surface area (Å²) in [4.78, 5) is 19.5. The van der Waals surface area contributed by atoms with Crippen LogP contribution in [0.2, 0.25) is 0 Å². The summed E-state index contributed by atoms with van der Waals surface area (Å²) in [6, 6.07) is 8.03. The van der Waals surface area contributed by atoms with Gasteiger partial charge < -0.3 is 20.9 Å². The molecule has 1 aromatic rings. The van der Waals surface area contributed by atoms with Crippen LogP contribution in [0.5, 0.6) is 0 Å². The van der Waals surface area contributed by atoms with Crippen LogP contribution in [-0.4, -0.2) is 49.5 Å². The van der Waals surface area contributed by atoms with Crippen LogP contribution in [0.3, 0.4) is 0 Å². The van der Waals surface area contributed by atoms with Crippen LogP contribution in [0.1, 0.15) is 57.9 Å². The molecule has 0 unspecified atom stereocenters. The van der Waals surface area contributed by atoms with Gasteiger partial charge in [-0.2, -0.15) is 0 Å². The third kappa shape index (κ3) is 7.31. The number of benzene rings is 1. The number of rotatable bonds is 9. The van der Waals surface area contributed by atoms with E-state index in [4.69, 9.17) is 4.99 Å². The lowest BCUT2D eigenvalue weighted by Crippen LogP contribution is -2.39. The van der Waals surface area contributed by atoms with Crippen LogP contribution >= 0.6 is 0 Å². The molecule has 30 heavy (non-hydrogen) atoms. The van der Waals surface area contributed by atoms with Crippen LogP contribution in [0.25, 0.3) is 0 Å². The minimum Gasteiger partial charge on any atom is -0.357 e. The Morgan fingerprint density at radius 3 is 2.67 bits per heavy atom. The minimum absolute atomic E-state index is 0.153. The van der Waals surface area contributed by atoms with Gasteiger partial charge in [-0.3, -0.25) is 4.79 Å². The Morgan fingerprint density at radius 2 is 1.97 bits per heavy atom. The SMILES string of the molecule is CCNC(=NCc1cccc(NC(=O)C2CCC2)c1)NCCCN1CCC(C)CC1. The lowest BCUT2D eigenvalue weighted by molar-refractivity contribution is -0.122. The number of nitrogens with one attached hydrogen (secondary N) is 3. The summed E-state index contributed by atoms with van der Waals surface area (Å²) in [6.45, 7) is 10.4. The van der Waals surface area contributed by atoms with Gasteiger partial charge in [-0.15, -0.1) is 0 Å². The van der Waals surface area contributed by atoms with E-state index in [1.165, 1.54) is 32.4 Å². The third-order valence-corrected chi connectivity index (χ3v) is 6.25. The number of anilines is 1. The van der Waals surface area contributed by atoms with Gasteiger partial charge >= 0.3 is 0 Å².